The van der Waals surface area contributed by atoms with Crippen molar-refractivity contribution in [1.82, 2.24) is 13.8 Å². The number of carbonyl (C=O) groups is 1. The van der Waals surface area contributed by atoms with Gasteiger partial charge in [0.2, 0.25) is 10.0 Å². The Kier molecular flexibility index (Phi) is 4.85. The van der Waals surface area contributed by atoms with Gasteiger partial charge in [-0.25, -0.2) is 13.2 Å². The lowest BCUT2D eigenvalue weighted by atomic mass is 10.3. The maximum atomic E-state index is 12.8. The van der Waals surface area contributed by atoms with Crippen LogP contribution in [0.1, 0.15) is 6.92 Å². The quantitative estimate of drug-likeness (QED) is 0.788. The number of benzene rings is 1. The van der Waals surface area contributed by atoms with Gasteiger partial charge in [0.05, 0.1) is 21.7 Å². The molecule has 25 heavy (non-hydrogen) atoms. The summed E-state index contributed by atoms with van der Waals surface area (Å²) in [5, 5.41) is 0. The number of hydrogen-bond acceptors (Lipinski definition) is 6. The largest absolute Gasteiger partial charge is 0.450 e. The van der Waals surface area contributed by atoms with Gasteiger partial charge in [-0.2, -0.15) is 4.31 Å². The molecule has 0 unspecified atom stereocenters. The van der Waals surface area contributed by atoms with Gasteiger partial charge in [-0.05, 0) is 25.1 Å². The number of thiazole rings is 1. The van der Waals surface area contributed by atoms with Crippen LogP contribution < -0.4 is 4.87 Å². The van der Waals surface area contributed by atoms with Gasteiger partial charge in [-0.1, -0.05) is 11.3 Å². The van der Waals surface area contributed by atoms with Crippen molar-refractivity contribution in [1.29, 1.82) is 0 Å². The van der Waals surface area contributed by atoms with Crippen molar-refractivity contribution in [3.05, 3.63) is 27.9 Å². The number of rotatable bonds is 3. The Balaban J connectivity index is 1.81. The van der Waals surface area contributed by atoms with Gasteiger partial charge in [0.25, 0.3) is 0 Å². The second-order valence-electron chi connectivity index (χ2n) is 5.65. The monoisotopic (exact) mass is 385 g/mol. The van der Waals surface area contributed by atoms with Gasteiger partial charge >= 0.3 is 11.0 Å². The van der Waals surface area contributed by atoms with E-state index in [0.29, 0.717) is 23.3 Å². The van der Waals surface area contributed by atoms with E-state index >= 15 is 0 Å². The van der Waals surface area contributed by atoms with E-state index in [2.05, 4.69) is 0 Å². The lowest BCUT2D eigenvalue weighted by Crippen LogP contribution is -2.50. The van der Waals surface area contributed by atoms with Crippen LogP contribution in [0, 0.1) is 0 Å². The number of ether oxygens (including phenoxy) is 1. The number of carbonyl (C=O) groups excluding carboxylic acids is 1. The molecule has 1 saturated heterocycles. The molecule has 8 nitrogen and oxygen atoms in total. The summed E-state index contributed by atoms with van der Waals surface area (Å²) in [4.78, 5) is 25.0. The van der Waals surface area contributed by atoms with Crippen molar-refractivity contribution >= 4 is 37.7 Å². The van der Waals surface area contributed by atoms with Crippen LogP contribution in [0.3, 0.4) is 0 Å². The molecule has 1 aliphatic rings. The summed E-state index contributed by atoms with van der Waals surface area (Å²) in [5.41, 5.74) is 0.709. The predicted molar refractivity (Wildman–Crippen MR) is 94.4 cm³/mol. The van der Waals surface area contributed by atoms with Gasteiger partial charge in [-0.3, -0.25) is 4.79 Å². The van der Waals surface area contributed by atoms with E-state index in [9.17, 15) is 18.0 Å². The summed E-state index contributed by atoms with van der Waals surface area (Å²) in [6.07, 6.45) is -0.421. The molecule has 1 aromatic heterocycles. The number of nitrogens with zero attached hydrogens (tertiary/aromatic N) is 3. The number of sulfonamides is 1. The van der Waals surface area contributed by atoms with Gasteiger partial charge in [0, 0.05) is 33.2 Å². The van der Waals surface area contributed by atoms with Crippen LogP contribution in [-0.2, 0) is 21.8 Å². The van der Waals surface area contributed by atoms with E-state index in [1.807, 2.05) is 0 Å². The van der Waals surface area contributed by atoms with Crippen molar-refractivity contribution in [2.75, 3.05) is 32.8 Å². The van der Waals surface area contributed by atoms with Gasteiger partial charge in [0.1, 0.15) is 0 Å². The number of amides is 1. The summed E-state index contributed by atoms with van der Waals surface area (Å²) < 4.78 is 34.1. The molecule has 1 aromatic carbocycles. The molecule has 0 N–H and O–H groups in total. The summed E-state index contributed by atoms with van der Waals surface area (Å²) in [5.74, 6) is 0. The third-order valence-corrected chi connectivity index (χ3v) is 7.06. The fourth-order valence-electron chi connectivity index (χ4n) is 2.75. The molecular formula is C15H19N3O5S2. The first-order chi connectivity index (χ1) is 11.8. The molecule has 1 fully saturated rings. The van der Waals surface area contributed by atoms with Crippen LogP contribution in [0.2, 0.25) is 0 Å². The molecule has 0 radical (unpaired) electrons. The SMILES string of the molecule is CCOC(=O)N1CCN(S(=O)(=O)c2ccc3c(c2)sc(=O)n3C)CC1. The minimum absolute atomic E-state index is 0.132. The standard InChI is InChI=1S/C15H19N3O5S2/c1-3-23-14(19)17-6-8-18(9-7-17)25(21,22)11-4-5-12-13(10-11)24-15(20)16(12)2/h4-5,10H,3,6-9H2,1-2H3. The number of hydrogen-bond donors (Lipinski definition) is 0. The van der Waals surface area contributed by atoms with E-state index in [1.165, 1.54) is 25.9 Å². The van der Waals surface area contributed by atoms with Crippen molar-refractivity contribution < 1.29 is 17.9 Å². The van der Waals surface area contributed by atoms with Gasteiger partial charge in [0.15, 0.2) is 0 Å². The third kappa shape index (κ3) is 3.29. The molecule has 1 amide bonds. The Morgan fingerprint density at radius 1 is 1.24 bits per heavy atom. The molecule has 3 rings (SSSR count). The highest BCUT2D eigenvalue weighted by Gasteiger charge is 2.30. The second kappa shape index (κ2) is 6.77. The van der Waals surface area contributed by atoms with Crippen LogP contribution in [0.4, 0.5) is 4.79 Å². The van der Waals surface area contributed by atoms with E-state index in [1.54, 1.807) is 20.0 Å². The van der Waals surface area contributed by atoms with E-state index < -0.39 is 16.1 Å². The highest BCUT2D eigenvalue weighted by molar-refractivity contribution is 7.89. The van der Waals surface area contributed by atoms with E-state index in [0.717, 1.165) is 11.3 Å². The Hall–Kier alpha value is -1.91. The van der Waals surface area contributed by atoms with Gasteiger partial charge in [-0.15, -0.1) is 0 Å². The first-order valence-corrected chi connectivity index (χ1v) is 10.1. The number of fused-ring (bicyclic) bond motifs is 1. The first-order valence-electron chi connectivity index (χ1n) is 7.86. The molecule has 136 valence electrons. The Morgan fingerprint density at radius 3 is 2.56 bits per heavy atom. The summed E-state index contributed by atoms with van der Waals surface area (Å²) in [7, 11) is -2.01. The average Bonchev–Trinajstić information content (AvgIpc) is 2.89. The molecule has 2 aromatic rings. The van der Waals surface area contributed by atoms with Crippen LogP contribution >= 0.6 is 11.3 Å². The van der Waals surface area contributed by atoms with Crippen LogP contribution in [0.25, 0.3) is 10.2 Å². The van der Waals surface area contributed by atoms with Crippen LogP contribution in [-0.4, -0.2) is 61.1 Å². The van der Waals surface area contributed by atoms with Crippen LogP contribution in [0.5, 0.6) is 0 Å². The molecule has 0 spiro atoms. The fraction of sp³-hybridized carbons (Fsp3) is 0.467. The highest BCUT2D eigenvalue weighted by atomic mass is 32.2. The molecule has 10 heteroatoms. The first kappa shape index (κ1) is 17.9. The molecule has 0 bridgehead atoms. The number of aromatic nitrogens is 1. The zero-order valence-electron chi connectivity index (χ0n) is 14.0. The minimum atomic E-state index is -3.67. The minimum Gasteiger partial charge on any atom is -0.450 e. The van der Waals surface area contributed by atoms with Crippen LogP contribution in [0.15, 0.2) is 27.9 Å². The molecular weight excluding hydrogens is 366 g/mol. The maximum Gasteiger partial charge on any atom is 0.409 e. The van der Waals surface area contributed by atoms with Crippen molar-refractivity contribution in [2.24, 2.45) is 7.05 Å². The molecule has 0 atom stereocenters. The van der Waals surface area contributed by atoms with Crippen molar-refractivity contribution in [3.8, 4) is 0 Å². The summed E-state index contributed by atoms with van der Waals surface area (Å²) in [6.45, 7) is 3.02. The summed E-state index contributed by atoms with van der Waals surface area (Å²) >= 11 is 1.02. The number of piperazine rings is 1. The summed E-state index contributed by atoms with van der Waals surface area (Å²) in [6, 6.07) is 4.70. The Bertz CT molecular complexity index is 955. The normalized spacial score (nSPS) is 16.3. The highest BCUT2D eigenvalue weighted by Crippen LogP contribution is 2.24. The molecule has 2 heterocycles. The van der Waals surface area contributed by atoms with E-state index in [-0.39, 0.29) is 29.5 Å². The van der Waals surface area contributed by atoms with Gasteiger partial charge < -0.3 is 14.2 Å². The lowest BCUT2D eigenvalue weighted by Gasteiger charge is -2.33. The Labute approximate surface area is 149 Å². The molecule has 0 aliphatic carbocycles. The van der Waals surface area contributed by atoms with E-state index in [4.69, 9.17) is 4.74 Å². The topological polar surface area (TPSA) is 88.9 Å². The average molecular weight is 385 g/mol. The van der Waals surface area contributed by atoms with Crippen molar-refractivity contribution in [2.45, 2.75) is 11.8 Å². The fourth-order valence-corrected chi connectivity index (χ4v) is 5.19. The zero-order valence-corrected chi connectivity index (χ0v) is 15.6. The smallest absolute Gasteiger partial charge is 0.409 e. The Morgan fingerprint density at radius 2 is 1.92 bits per heavy atom. The third-order valence-electron chi connectivity index (χ3n) is 4.17. The predicted octanol–water partition coefficient (Wildman–Crippen LogP) is 1.06. The molecule has 0 saturated carbocycles. The molecule has 1 aliphatic heterocycles. The van der Waals surface area contributed by atoms with Crippen molar-refractivity contribution in [3.63, 3.8) is 0 Å². The zero-order chi connectivity index (χ0) is 18.2. The second-order valence-corrected chi connectivity index (χ2v) is 8.58. The lowest BCUT2D eigenvalue weighted by molar-refractivity contribution is 0.0934. The maximum absolute atomic E-state index is 12.8. The number of aryl methyl sites for hydroxylation is 1.